The van der Waals surface area contributed by atoms with Crippen molar-refractivity contribution >= 4 is 11.7 Å². The Hall–Kier alpha value is -3.54. The van der Waals surface area contributed by atoms with E-state index in [-0.39, 0.29) is 11.7 Å². The van der Waals surface area contributed by atoms with E-state index in [4.69, 9.17) is 22.3 Å². The minimum absolute atomic E-state index is 0.0341. The van der Waals surface area contributed by atoms with E-state index in [1.807, 2.05) is 24.3 Å². The van der Waals surface area contributed by atoms with Crippen molar-refractivity contribution in [1.29, 1.82) is 10.8 Å². The highest BCUT2D eigenvalue weighted by molar-refractivity contribution is 5.95. The number of rotatable bonds is 4. The zero-order chi connectivity index (χ0) is 17.1. The van der Waals surface area contributed by atoms with Gasteiger partial charge in [0.2, 0.25) is 0 Å². The molecule has 0 radical (unpaired) electrons. The Labute approximate surface area is 139 Å². The molecule has 118 valence electrons. The first kappa shape index (κ1) is 15.4. The highest BCUT2D eigenvalue weighted by Crippen LogP contribution is 2.21. The molecule has 0 atom stereocenters. The van der Waals surface area contributed by atoms with E-state index in [9.17, 15) is 0 Å². The van der Waals surface area contributed by atoms with Gasteiger partial charge >= 0.3 is 0 Å². The van der Waals surface area contributed by atoms with E-state index >= 15 is 0 Å². The molecule has 0 aliphatic carbocycles. The molecular formula is C18H16N6. The van der Waals surface area contributed by atoms with Gasteiger partial charge in [0.05, 0.1) is 0 Å². The van der Waals surface area contributed by atoms with Crippen molar-refractivity contribution in [2.75, 3.05) is 0 Å². The first-order valence-corrected chi connectivity index (χ1v) is 7.26. The summed E-state index contributed by atoms with van der Waals surface area (Å²) in [7, 11) is 0. The Morgan fingerprint density at radius 1 is 0.625 bits per heavy atom. The molecule has 0 saturated heterocycles. The lowest BCUT2D eigenvalue weighted by molar-refractivity contribution is 1.18. The molecule has 6 heteroatoms. The van der Waals surface area contributed by atoms with Gasteiger partial charge in [0, 0.05) is 34.6 Å². The number of hydrogen-bond acceptors (Lipinski definition) is 4. The molecule has 1 aromatic heterocycles. The van der Waals surface area contributed by atoms with Crippen LogP contribution in [0.2, 0.25) is 0 Å². The van der Waals surface area contributed by atoms with Crippen molar-refractivity contribution in [1.82, 2.24) is 9.97 Å². The van der Waals surface area contributed by atoms with Gasteiger partial charge in [-0.15, -0.1) is 0 Å². The van der Waals surface area contributed by atoms with Crippen molar-refractivity contribution in [3.8, 4) is 22.5 Å². The lowest BCUT2D eigenvalue weighted by Gasteiger charge is -2.05. The molecule has 0 aliphatic heterocycles. The van der Waals surface area contributed by atoms with Crippen LogP contribution in [0.15, 0.2) is 60.9 Å². The van der Waals surface area contributed by atoms with Crippen LogP contribution in [-0.2, 0) is 0 Å². The Morgan fingerprint density at radius 3 is 1.46 bits per heavy atom. The lowest BCUT2D eigenvalue weighted by atomic mass is 10.1. The fourth-order valence-corrected chi connectivity index (χ4v) is 2.27. The molecular weight excluding hydrogens is 300 g/mol. The maximum absolute atomic E-state index is 7.41. The topological polar surface area (TPSA) is 126 Å². The molecule has 2 aromatic carbocycles. The summed E-state index contributed by atoms with van der Waals surface area (Å²) in [6.07, 6.45) is 3.51. The van der Waals surface area contributed by atoms with Crippen LogP contribution < -0.4 is 11.5 Å². The number of nitrogens with zero attached hydrogens (tertiary/aromatic N) is 2. The maximum Gasteiger partial charge on any atom is 0.159 e. The second kappa shape index (κ2) is 6.29. The molecule has 0 bridgehead atoms. The van der Waals surface area contributed by atoms with Crippen LogP contribution in [0.1, 0.15) is 11.1 Å². The lowest BCUT2D eigenvalue weighted by Crippen LogP contribution is -2.10. The van der Waals surface area contributed by atoms with Gasteiger partial charge in [-0.25, -0.2) is 9.97 Å². The summed E-state index contributed by atoms with van der Waals surface area (Å²) in [4.78, 5) is 8.79. The summed E-state index contributed by atoms with van der Waals surface area (Å²) in [5.74, 6) is 0.684. The molecule has 6 N–H and O–H groups in total. The maximum atomic E-state index is 7.41. The predicted octanol–water partition coefficient (Wildman–Crippen LogP) is 2.38. The van der Waals surface area contributed by atoms with Gasteiger partial charge < -0.3 is 11.5 Å². The summed E-state index contributed by atoms with van der Waals surface area (Å²) in [5.41, 5.74) is 15.0. The first-order valence-electron chi connectivity index (χ1n) is 7.26. The van der Waals surface area contributed by atoms with Gasteiger partial charge in [0.25, 0.3) is 0 Å². The van der Waals surface area contributed by atoms with E-state index in [2.05, 4.69) is 9.97 Å². The van der Waals surface area contributed by atoms with Crippen LogP contribution in [0, 0.1) is 10.8 Å². The number of amidine groups is 2. The minimum Gasteiger partial charge on any atom is -0.384 e. The van der Waals surface area contributed by atoms with Gasteiger partial charge in [-0.2, -0.15) is 0 Å². The molecule has 0 unspecified atom stereocenters. The van der Waals surface area contributed by atoms with Crippen LogP contribution in [-0.4, -0.2) is 21.6 Å². The molecule has 1 heterocycles. The minimum atomic E-state index is 0.0341. The SMILES string of the molecule is N=C(N)c1ccc(-c2cnc(-c3ccc(C(=N)N)cc3)nc2)cc1. The van der Waals surface area contributed by atoms with Crippen LogP contribution in [0.5, 0.6) is 0 Å². The van der Waals surface area contributed by atoms with Gasteiger partial charge in [0.1, 0.15) is 11.7 Å². The molecule has 24 heavy (non-hydrogen) atoms. The van der Waals surface area contributed by atoms with E-state index in [1.165, 1.54) is 0 Å². The number of nitrogens with one attached hydrogen (secondary N) is 2. The van der Waals surface area contributed by atoms with Crippen molar-refractivity contribution in [2.24, 2.45) is 11.5 Å². The number of aromatic nitrogens is 2. The van der Waals surface area contributed by atoms with Gasteiger partial charge in [-0.3, -0.25) is 10.8 Å². The second-order valence-electron chi connectivity index (χ2n) is 5.28. The van der Waals surface area contributed by atoms with Crippen LogP contribution in [0.4, 0.5) is 0 Å². The normalized spacial score (nSPS) is 10.3. The van der Waals surface area contributed by atoms with Crippen LogP contribution in [0.25, 0.3) is 22.5 Å². The van der Waals surface area contributed by atoms with Gasteiger partial charge in [-0.1, -0.05) is 48.5 Å². The highest BCUT2D eigenvalue weighted by Gasteiger charge is 2.05. The Morgan fingerprint density at radius 2 is 1.04 bits per heavy atom. The predicted molar refractivity (Wildman–Crippen MR) is 94.9 cm³/mol. The quantitative estimate of drug-likeness (QED) is 0.435. The summed E-state index contributed by atoms with van der Waals surface area (Å²) < 4.78 is 0. The average Bonchev–Trinajstić information content (AvgIpc) is 2.62. The van der Waals surface area contributed by atoms with E-state index in [1.54, 1.807) is 36.7 Å². The standard InChI is InChI=1S/C18H16N6/c19-16(20)12-3-1-11(2-4-12)15-9-23-18(24-10-15)14-7-5-13(6-8-14)17(21)22/h1-10H,(H3,19,20)(H3,21,22). The van der Waals surface area contributed by atoms with E-state index in [0.717, 1.165) is 16.7 Å². The summed E-state index contributed by atoms with van der Waals surface area (Å²) >= 11 is 0. The van der Waals surface area contributed by atoms with Crippen molar-refractivity contribution < 1.29 is 0 Å². The molecule has 0 fully saturated rings. The Balaban J connectivity index is 1.84. The highest BCUT2D eigenvalue weighted by atomic mass is 14.9. The summed E-state index contributed by atoms with van der Waals surface area (Å²) in [5, 5.41) is 14.8. The molecule has 3 rings (SSSR count). The number of benzene rings is 2. The third-order valence-corrected chi connectivity index (χ3v) is 3.64. The number of nitrogen functional groups attached to an aromatic ring is 2. The molecule has 0 aliphatic rings. The smallest absolute Gasteiger partial charge is 0.159 e. The van der Waals surface area contributed by atoms with Gasteiger partial charge in [0.15, 0.2) is 5.82 Å². The fraction of sp³-hybridized carbons (Fsp3) is 0. The van der Waals surface area contributed by atoms with Crippen molar-refractivity contribution in [3.63, 3.8) is 0 Å². The average molecular weight is 316 g/mol. The van der Waals surface area contributed by atoms with Crippen LogP contribution >= 0.6 is 0 Å². The Bertz CT molecular complexity index is 804. The van der Waals surface area contributed by atoms with E-state index < -0.39 is 0 Å². The number of hydrogen-bond donors (Lipinski definition) is 4. The molecule has 3 aromatic rings. The zero-order valence-corrected chi connectivity index (χ0v) is 12.8. The van der Waals surface area contributed by atoms with Gasteiger partial charge in [-0.05, 0) is 5.56 Å². The fourth-order valence-electron chi connectivity index (χ4n) is 2.27. The summed E-state index contributed by atoms with van der Waals surface area (Å²) in [6.45, 7) is 0. The Kier molecular flexibility index (Phi) is 4.03. The van der Waals surface area contributed by atoms with Crippen molar-refractivity contribution in [3.05, 3.63) is 72.1 Å². The summed E-state index contributed by atoms with van der Waals surface area (Å²) in [6, 6.07) is 14.6. The third kappa shape index (κ3) is 3.12. The van der Waals surface area contributed by atoms with Crippen LogP contribution in [0.3, 0.4) is 0 Å². The molecule has 0 saturated carbocycles. The first-order chi connectivity index (χ1) is 11.5. The second-order valence-corrected chi connectivity index (χ2v) is 5.28. The monoisotopic (exact) mass is 316 g/mol. The molecule has 6 nitrogen and oxygen atoms in total. The number of nitrogens with two attached hydrogens (primary N) is 2. The van der Waals surface area contributed by atoms with Crippen molar-refractivity contribution in [2.45, 2.75) is 0 Å². The largest absolute Gasteiger partial charge is 0.384 e. The molecule has 0 spiro atoms. The third-order valence-electron chi connectivity index (χ3n) is 3.64. The van der Waals surface area contributed by atoms with E-state index in [0.29, 0.717) is 17.0 Å². The zero-order valence-electron chi connectivity index (χ0n) is 12.8. The molecule has 0 amide bonds.